The third-order valence-electron chi connectivity index (χ3n) is 3.65. The van der Waals surface area contributed by atoms with Gasteiger partial charge in [0.25, 0.3) is 5.22 Å². The van der Waals surface area contributed by atoms with Crippen molar-refractivity contribution in [2.45, 2.75) is 60.8 Å². The summed E-state index contributed by atoms with van der Waals surface area (Å²) in [5.74, 6) is 1.06. The highest BCUT2D eigenvalue weighted by atomic mass is 32.2. The molecule has 1 aliphatic carbocycles. The average Bonchev–Trinajstić information content (AvgIpc) is 2.95. The summed E-state index contributed by atoms with van der Waals surface area (Å²) in [6.45, 7) is 1.78. The molecule has 2 rings (SSSR count). The van der Waals surface area contributed by atoms with Crippen molar-refractivity contribution in [2.75, 3.05) is 6.26 Å². The largest absolute Gasteiger partial charge is 0.415 e. The molecule has 0 aromatic carbocycles. The lowest BCUT2D eigenvalue weighted by molar-refractivity contribution is -0.122. The zero-order valence-electron chi connectivity index (χ0n) is 12.8. The van der Waals surface area contributed by atoms with Gasteiger partial charge in [-0.25, -0.2) is 0 Å². The van der Waals surface area contributed by atoms with Gasteiger partial charge in [-0.3, -0.25) is 4.79 Å². The molecule has 1 N–H and O–H groups in total. The molecule has 22 heavy (non-hydrogen) atoms. The molecule has 0 radical (unpaired) electrons. The Hall–Kier alpha value is -1.20. The van der Waals surface area contributed by atoms with Crippen LogP contribution in [0, 0.1) is 11.3 Å². The molecule has 1 amide bonds. The molecular formula is C14H20N4O2S2. The van der Waals surface area contributed by atoms with Crippen molar-refractivity contribution >= 4 is 29.4 Å². The third-order valence-corrected chi connectivity index (χ3v) is 5.12. The number of hydrogen-bond acceptors (Lipinski definition) is 7. The first-order chi connectivity index (χ1) is 10.6. The summed E-state index contributed by atoms with van der Waals surface area (Å²) in [5.41, 5.74) is -0.705. The standard InChI is InChI=1S/C14H20N4O2S2/c1-10(22-13-18-17-11(20-13)8-21-2)12(19)16-14(9-15)6-4-3-5-7-14/h10H,3-8H2,1-2H3,(H,16,19). The Morgan fingerprint density at radius 3 is 2.82 bits per heavy atom. The highest BCUT2D eigenvalue weighted by Gasteiger charge is 2.35. The Morgan fingerprint density at radius 1 is 1.45 bits per heavy atom. The Kier molecular flexibility index (Phi) is 6.15. The van der Waals surface area contributed by atoms with E-state index in [1.54, 1.807) is 18.7 Å². The average molecular weight is 340 g/mol. The monoisotopic (exact) mass is 340 g/mol. The van der Waals surface area contributed by atoms with E-state index < -0.39 is 5.54 Å². The number of carbonyl (C=O) groups excluding carboxylic acids is 1. The molecule has 0 saturated heterocycles. The first-order valence-corrected chi connectivity index (χ1v) is 9.57. The summed E-state index contributed by atoms with van der Waals surface area (Å²) in [6, 6.07) is 2.29. The summed E-state index contributed by atoms with van der Waals surface area (Å²) >= 11 is 2.82. The van der Waals surface area contributed by atoms with Gasteiger partial charge in [0.1, 0.15) is 5.54 Å². The number of nitrogens with zero attached hydrogens (tertiary/aromatic N) is 3. The fraction of sp³-hybridized carbons (Fsp3) is 0.714. The van der Waals surface area contributed by atoms with E-state index in [1.165, 1.54) is 11.8 Å². The van der Waals surface area contributed by atoms with Gasteiger partial charge < -0.3 is 9.73 Å². The summed E-state index contributed by atoms with van der Waals surface area (Å²) in [5, 5.41) is 20.2. The zero-order chi connectivity index (χ0) is 16.0. The highest BCUT2D eigenvalue weighted by molar-refractivity contribution is 8.00. The first-order valence-electron chi connectivity index (χ1n) is 7.30. The smallest absolute Gasteiger partial charge is 0.277 e. The molecule has 8 heteroatoms. The van der Waals surface area contributed by atoms with E-state index in [9.17, 15) is 10.1 Å². The van der Waals surface area contributed by atoms with Crippen molar-refractivity contribution in [3.05, 3.63) is 5.89 Å². The number of nitriles is 1. The zero-order valence-corrected chi connectivity index (χ0v) is 14.4. The van der Waals surface area contributed by atoms with Crippen LogP contribution < -0.4 is 5.32 Å². The lowest BCUT2D eigenvalue weighted by Crippen LogP contribution is -2.50. The summed E-state index contributed by atoms with van der Waals surface area (Å²) < 4.78 is 5.46. The summed E-state index contributed by atoms with van der Waals surface area (Å²) in [6.07, 6.45) is 6.51. The molecule has 6 nitrogen and oxygen atoms in total. The van der Waals surface area contributed by atoms with Gasteiger partial charge in [-0.05, 0) is 26.0 Å². The first kappa shape index (κ1) is 17.2. The van der Waals surface area contributed by atoms with Crippen LogP contribution in [-0.4, -0.2) is 33.1 Å². The van der Waals surface area contributed by atoms with Crippen molar-refractivity contribution in [1.29, 1.82) is 5.26 Å². The van der Waals surface area contributed by atoms with Crippen molar-refractivity contribution in [3.63, 3.8) is 0 Å². The fourth-order valence-corrected chi connectivity index (χ4v) is 3.49. The predicted molar refractivity (Wildman–Crippen MR) is 86.4 cm³/mol. The normalized spacial score (nSPS) is 18.4. The Balaban J connectivity index is 1.92. The number of hydrogen-bond donors (Lipinski definition) is 1. The summed E-state index contributed by atoms with van der Waals surface area (Å²) in [4.78, 5) is 12.3. The number of carbonyl (C=O) groups is 1. The molecule has 1 heterocycles. The Morgan fingerprint density at radius 2 is 2.18 bits per heavy atom. The van der Waals surface area contributed by atoms with Crippen LogP contribution in [0.5, 0.6) is 0 Å². The lowest BCUT2D eigenvalue weighted by Gasteiger charge is -2.32. The van der Waals surface area contributed by atoms with Crippen molar-refractivity contribution < 1.29 is 9.21 Å². The second kappa shape index (κ2) is 7.88. The molecule has 0 aliphatic heterocycles. The highest BCUT2D eigenvalue weighted by Crippen LogP contribution is 2.29. The molecule has 1 aliphatic rings. The van der Waals surface area contributed by atoms with Gasteiger partial charge >= 0.3 is 0 Å². The second-order valence-electron chi connectivity index (χ2n) is 5.40. The maximum atomic E-state index is 12.3. The van der Waals surface area contributed by atoms with Gasteiger partial charge in [-0.2, -0.15) is 17.0 Å². The minimum absolute atomic E-state index is 0.155. The molecule has 0 spiro atoms. The van der Waals surface area contributed by atoms with Crippen molar-refractivity contribution in [3.8, 4) is 6.07 Å². The number of rotatable bonds is 6. The fourth-order valence-electron chi connectivity index (χ4n) is 2.43. The molecule has 120 valence electrons. The lowest BCUT2D eigenvalue weighted by atomic mass is 9.83. The van der Waals surface area contributed by atoms with Crippen molar-refractivity contribution in [2.24, 2.45) is 0 Å². The van der Waals surface area contributed by atoms with Crippen molar-refractivity contribution in [1.82, 2.24) is 15.5 Å². The van der Waals surface area contributed by atoms with Crippen LogP contribution in [0.2, 0.25) is 0 Å². The number of nitrogens with one attached hydrogen (secondary N) is 1. The van der Waals surface area contributed by atoms with E-state index >= 15 is 0 Å². The van der Waals surface area contributed by atoms with Crippen LogP contribution >= 0.6 is 23.5 Å². The Labute approximate surface area is 138 Å². The van der Waals surface area contributed by atoms with E-state index in [-0.39, 0.29) is 11.2 Å². The maximum Gasteiger partial charge on any atom is 0.277 e. The predicted octanol–water partition coefficient (Wildman–Crippen LogP) is 2.76. The van der Waals surface area contributed by atoms with Gasteiger partial charge in [-0.15, -0.1) is 10.2 Å². The van der Waals surface area contributed by atoms with Crippen LogP contribution in [0.4, 0.5) is 0 Å². The molecule has 1 fully saturated rings. The SMILES string of the molecule is CSCc1nnc(SC(C)C(=O)NC2(C#N)CCCCC2)o1. The number of aromatic nitrogens is 2. The van der Waals surface area contributed by atoms with Gasteiger partial charge in [-0.1, -0.05) is 31.0 Å². The van der Waals surface area contributed by atoms with E-state index in [1.807, 2.05) is 6.26 Å². The molecular weight excluding hydrogens is 320 g/mol. The second-order valence-corrected chi connectivity index (χ2v) is 7.56. The van der Waals surface area contributed by atoms with Crippen LogP contribution in [0.15, 0.2) is 9.64 Å². The molecule has 1 aromatic rings. The minimum Gasteiger partial charge on any atom is -0.415 e. The van der Waals surface area contributed by atoms with Crippen LogP contribution in [0.25, 0.3) is 0 Å². The molecule has 1 unspecified atom stereocenters. The van der Waals surface area contributed by atoms with Crippen LogP contribution in [-0.2, 0) is 10.5 Å². The number of amides is 1. The minimum atomic E-state index is -0.705. The van der Waals surface area contributed by atoms with Gasteiger partial charge in [0, 0.05) is 0 Å². The van der Waals surface area contributed by atoms with Crippen LogP contribution in [0.1, 0.15) is 44.9 Å². The van der Waals surface area contributed by atoms with Crippen LogP contribution in [0.3, 0.4) is 0 Å². The van der Waals surface area contributed by atoms with Gasteiger partial charge in [0.15, 0.2) is 0 Å². The topological polar surface area (TPSA) is 91.8 Å². The molecule has 0 bridgehead atoms. The molecule has 1 aromatic heterocycles. The van der Waals surface area contributed by atoms with E-state index in [0.29, 0.717) is 16.9 Å². The Bertz CT molecular complexity index is 549. The van der Waals surface area contributed by atoms with E-state index in [0.717, 1.165) is 32.1 Å². The summed E-state index contributed by atoms with van der Waals surface area (Å²) in [7, 11) is 0. The van der Waals surface area contributed by atoms with Gasteiger partial charge in [0.2, 0.25) is 11.8 Å². The maximum absolute atomic E-state index is 12.3. The molecule has 1 saturated carbocycles. The van der Waals surface area contributed by atoms with Gasteiger partial charge in [0.05, 0.1) is 17.1 Å². The third kappa shape index (κ3) is 4.40. The quantitative estimate of drug-likeness (QED) is 0.796. The van der Waals surface area contributed by atoms with E-state index in [2.05, 4.69) is 21.6 Å². The molecule has 1 atom stereocenters. The van der Waals surface area contributed by atoms with E-state index in [4.69, 9.17) is 4.42 Å². The number of thioether (sulfide) groups is 2.